The molecule has 9 heteroatoms. The zero-order valence-corrected chi connectivity index (χ0v) is 7.86. The molecule has 0 fully saturated rings. The molecule has 0 amide bonds. The second-order valence-electron chi connectivity index (χ2n) is 2.81. The quantitative estimate of drug-likeness (QED) is 0.636. The normalized spacial score (nSPS) is 11.2. The number of nitrogens with one attached hydrogen (secondary N) is 1. The van der Waals surface area contributed by atoms with E-state index in [0.29, 0.717) is 0 Å². The van der Waals surface area contributed by atoms with E-state index in [9.17, 15) is 23.3 Å². The predicted octanol–water partition coefficient (Wildman–Crippen LogP) is 1.75. The summed E-state index contributed by atoms with van der Waals surface area (Å²) in [6, 6.07) is 0. The molecule has 1 aromatic heterocycles. The number of alkyl halides is 3. The summed E-state index contributed by atoms with van der Waals surface area (Å²) in [5, 5.41) is 12.5. The molecule has 0 bridgehead atoms. The zero-order valence-electron chi connectivity index (χ0n) is 7.86. The van der Waals surface area contributed by atoms with Gasteiger partial charge in [-0.25, -0.2) is 9.97 Å². The number of rotatable bonds is 4. The minimum Gasteiger partial charge on any atom is -0.354 e. The molecule has 0 spiro atoms. The van der Waals surface area contributed by atoms with Gasteiger partial charge in [0.1, 0.15) is 12.4 Å². The van der Waals surface area contributed by atoms with E-state index in [0.717, 1.165) is 12.4 Å². The molecule has 0 saturated carbocycles. The SMILES string of the molecule is O=[N+]([O-])c1cnc(NCCC(F)(F)F)nc1. The van der Waals surface area contributed by atoms with Crippen molar-refractivity contribution < 1.29 is 18.1 Å². The van der Waals surface area contributed by atoms with Gasteiger partial charge in [0, 0.05) is 6.54 Å². The van der Waals surface area contributed by atoms with E-state index in [2.05, 4.69) is 15.3 Å². The highest BCUT2D eigenvalue weighted by molar-refractivity contribution is 5.30. The number of hydrogen-bond acceptors (Lipinski definition) is 5. The topological polar surface area (TPSA) is 81.0 Å². The van der Waals surface area contributed by atoms with Crippen molar-refractivity contribution in [2.45, 2.75) is 12.6 Å². The number of halogens is 3. The molecule has 0 saturated heterocycles. The van der Waals surface area contributed by atoms with E-state index in [1.807, 2.05) is 0 Å². The molecular weight excluding hydrogens is 229 g/mol. The average Bonchev–Trinajstić information content (AvgIpc) is 2.16. The van der Waals surface area contributed by atoms with Crippen molar-refractivity contribution in [2.75, 3.05) is 11.9 Å². The average molecular weight is 236 g/mol. The highest BCUT2D eigenvalue weighted by Crippen LogP contribution is 2.19. The zero-order chi connectivity index (χ0) is 12.2. The van der Waals surface area contributed by atoms with E-state index in [-0.39, 0.29) is 18.2 Å². The van der Waals surface area contributed by atoms with Crippen LogP contribution in [0.2, 0.25) is 0 Å². The van der Waals surface area contributed by atoms with Crippen LogP contribution in [0.4, 0.5) is 24.8 Å². The van der Waals surface area contributed by atoms with Crippen LogP contribution in [0.1, 0.15) is 6.42 Å². The molecule has 0 aromatic carbocycles. The Morgan fingerprint density at radius 3 is 2.38 bits per heavy atom. The van der Waals surface area contributed by atoms with Crippen LogP contribution < -0.4 is 5.32 Å². The van der Waals surface area contributed by atoms with Crippen molar-refractivity contribution in [1.82, 2.24) is 9.97 Å². The van der Waals surface area contributed by atoms with Crippen molar-refractivity contribution in [3.8, 4) is 0 Å². The highest BCUT2D eigenvalue weighted by atomic mass is 19.4. The molecule has 16 heavy (non-hydrogen) atoms. The number of nitro groups is 1. The van der Waals surface area contributed by atoms with Crippen LogP contribution in [-0.4, -0.2) is 27.6 Å². The van der Waals surface area contributed by atoms with Crippen LogP contribution in [-0.2, 0) is 0 Å². The number of hydrogen-bond donors (Lipinski definition) is 1. The Morgan fingerprint density at radius 1 is 1.38 bits per heavy atom. The van der Waals surface area contributed by atoms with Crippen LogP contribution in [0, 0.1) is 10.1 Å². The highest BCUT2D eigenvalue weighted by Gasteiger charge is 2.26. The van der Waals surface area contributed by atoms with Crippen LogP contribution in [0.15, 0.2) is 12.4 Å². The Balaban J connectivity index is 2.47. The third kappa shape index (κ3) is 4.07. The summed E-state index contributed by atoms with van der Waals surface area (Å²) >= 11 is 0. The maximum atomic E-state index is 11.8. The molecule has 0 aliphatic rings. The summed E-state index contributed by atoms with van der Waals surface area (Å²) in [7, 11) is 0. The Morgan fingerprint density at radius 2 is 1.94 bits per heavy atom. The fourth-order valence-electron chi connectivity index (χ4n) is 0.823. The monoisotopic (exact) mass is 236 g/mol. The van der Waals surface area contributed by atoms with E-state index in [1.165, 1.54) is 0 Å². The smallest absolute Gasteiger partial charge is 0.354 e. The predicted molar refractivity (Wildman–Crippen MR) is 47.8 cm³/mol. The van der Waals surface area contributed by atoms with Crippen LogP contribution >= 0.6 is 0 Å². The molecular formula is C7H7F3N4O2. The van der Waals surface area contributed by atoms with Gasteiger partial charge in [0.05, 0.1) is 11.3 Å². The molecule has 1 rings (SSSR count). The lowest BCUT2D eigenvalue weighted by Gasteiger charge is -2.06. The molecule has 88 valence electrons. The van der Waals surface area contributed by atoms with Gasteiger partial charge in [-0.3, -0.25) is 10.1 Å². The standard InChI is InChI=1S/C7H7F3N4O2/c8-7(9,10)1-2-11-6-12-3-5(4-13-6)14(15)16/h3-4H,1-2H2,(H,11,12,13). The fraction of sp³-hybridized carbons (Fsp3) is 0.429. The second-order valence-corrected chi connectivity index (χ2v) is 2.81. The summed E-state index contributed by atoms with van der Waals surface area (Å²) in [6.45, 7) is -0.374. The van der Waals surface area contributed by atoms with Gasteiger partial charge in [-0.2, -0.15) is 13.2 Å². The van der Waals surface area contributed by atoms with Crippen LogP contribution in [0.3, 0.4) is 0 Å². The molecule has 1 aromatic rings. The first-order chi connectivity index (χ1) is 7.38. The second kappa shape index (κ2) is 4.73. The lowest BCUT2D eigenvalue weighted by atomic mass is 10.4. The van der Waals surface area contributed by atoms with E-state index in [1.54, 1.807) is 0 Å². The Kier molecular flexibility index (Phi) is 3.59. The molecule has 0 radical (unpaired) electrons. The number of aromatic nitrogens is 2. The van der Waals surface area contributed by atoms with Gasteiger partial charge in [0.15, 0.2) is 0 Å². The van der Waals surface area contributed by atoms with Crippen LogP contribution in [0.25, 0.3) is 0 Å². The van der Waals surface area contributed by atoms with E-state index >= 15 is 0 Å². The number of nitrogens with zero attached hydrogens (tertiary/aromatic N) is 3. The summed E-state index contributed by atoms with van der Waals surface area (Å²) < 4.78 is 35.3. The fourth-order valence-corrected chi connectivity index (χ4v) is 0.823. The largest absolute Gasteiger partial charge is 0.390 e. The van der Waals surface area contributed by atoms with Crippen molar-refractivity contribution >= 4 is 11.6 Å². The molecule has 0 aliphatic carbocycles. The van der Waals surface area contributed by atoms with Crippen molar-refractivity contribution in [1.29, 1.82) is 0 Å². The molecule has 1 N–H and O–H groups in total. The Labute approximate surface area is 87.7 Å². The summed E-state index contributed by atoms with van der Waals surface area (Å²) in [4.78, 5) is 16.5. The van der Waals surface area contributed by atoms with Gasteiger partial charge in [0.2, 0.25) is 5.95 Å². The summed E-state index contributed by atoms with van der Waals surface area (Å²) in [5.41, 5.74) is -0.318. The van der Waals surface area contributed by atoms with Crippen molar-refractivity contribution in [2.24, 2.45) is 0 Å². The molecule has 0 atom stereocenters. The lowest BCUT2D eigenvalue weighted by Crippen LogP contribution is -2.15. The lowest BCUT2D eigenvalue weighted by molar-refractivity contribution is -0.385. The third-order valence-electron chi connectivity index (χ3n) is 1.54. The summed E-state index contributed by atoms with van der Waals surface area (Å²) in [5.74, 6) is -0.0742. The first-order valence-electron chi connectivity index (χ1n) is 4.15. The molecule has 0 unspecified atom stereocenters. The van der Waals surface area contributed by atoms with Gasteiger partial charge in [-0.05, 0) is 0 Å². The van der Waals surface area contributed by atoms with Crippen molar-refractivity contribution in [3.63, 3.8) is 0 Å². The van der Waals surface area contributed by atoms with Gasteiger partial charge in [-0.1, -0.05) is 0 Å². The maximum absolute atomic E-state index is 11.8. The summed E-state index contributed by atoms with van der Waals surface area (Å²) in [6.07, 6.45) is -3.44. The van der Waals surface area contributed by atoms with Gasteiger partial charge in [0.25, 0.3) is 0 Å². The van der Waals surface area contributed by atoms with Gasteiger partial charge >= 0.3 is 11.9 Å². The minimum atomic E-state index is -4.26. The van der Waals surface area contributed by atoms with Crippen molar-refractivity contribution in [3.05, 3.63) is 22.5 Å². The van der Waals surface area contributed by atoms with Crippen LogP contribution in [0.5, 0.6) is 0 Å². The number of anilines is 1. The Hall–Kier alpha value is -1.93. The first kappa shape index (κ1) is 12.1. The van der Waals surface area contributed by atoms with Gasteiger partial charge in [-0.15, -0.1) is 0 Å². The van der Waals surface area contributed by atoms with Gasteiger partial charge < -0.3 is 5.32 Å². The minimum absolute atomic E-state index is 0.0742. The van der Waals surface area contributed by atoms with E-state index in [4.69, 9.17) is 0 Å². The van der Waals surface area contributed by atoms with E-state index < -0.39 is 17.5 Å². The Bertz CT molecular complexity index is 365. The molecule has 0 aliphatic heterocycles. The maximum Gasteiger partial charge on any atom is 0.390 e. The molecule has 1 heterocycles. The third-order valence-corrected chi connectivity index (χ3v) is 1.54. The molecule has 6 nitrogen and oxygen atoms in total. The first-order valence-corrected chi connectivity index (χ1v) is 4.15.